The maximum atomic E-state index is 9.49. The zero-order valence-electron chi connectivity index (χ0n) is 11.6. The van der Waals surface area contributed by atoms with Crippen molar-refractivity contribution in [3.8, 4) is 28.3 Å². The highest BCUT2D eigenvalue weighted by Gasteiger charge is 2.16. The molecule has 3 rings (SSSR count). The normalized spacial score (nSPS) is 10.2. The van der Waals surface area contributed by atoms with Crippen LogP contribution >= 0.6 is 11.6 Å². The third-order valence-electron chi connectivity index (χ3n) is 3.44. The van der Waals surface area contributed by atoms with Crippen LogP contribution in [0.25, 0.3) is 22.3 Å². The Labute approximate surface area is 133 Å². The number of aromatic nitrogens is 1. The molecule has 0 aliphatic rings. The van der Waals surface area contributed by atoms with Gasteiger partial charge in [0.1, 0.15) is 17.5 Å². The molecule has 3 nitrogen and oxygen atoms in total. The Morgan fingerprint density at radius 3 is 2.27 bits per heavy atom. The summed E-state index contributed by atoms with van der Waals surface area (Å²) in [4.78, 5) is 4.16. The van der Waals surface area contributed by atoms with E-state index >= 15 is 0 Å². The Balaban J connectivity index is 2.32. The standard InChI is InChI=1S/C18H12ClN3/c19-14-8-6-13(7-9-14)17-15(10-20)18(21)22-11-16(17)12-4-2-1-3-5-12/h1-9,11H,(H2,21,22). The summed E-state index contributed by atoms with van der Waals surface area (Å²) in [6, 6.07) is 19.3. The smallest absolute Gasteiger partial charge is 0.141 e. The largest absolute Gasteiger partial charge is 0.383 e. The minimum Gasteiger partial charge on any atom is -0.383 e. The van der Waals surface area contributed by atoms with Gasteiger partial charge < -0.3 is 5.73 Å². The lowest BCUT2D eigenvalue weighted by Gasteiger charge is -2.13. The Kier molecular flexibility index (Phi) is 3.78. The first kappa shape index (κ1) is 14.1. The predicted molar refractivity (Wildman–Crippen MR) is 89.2 cm³/mol. The van der Waals surface area contributed by atoms with Crippen LogP contribution in [0.5, 0.6) is 0 Å². The van der Waals surface area contributed by atoms with E-state index in [1.165, 1.54) is 0 Å². The lowest BCUT2D eigenvalue weighted by molar-refractivity contribution is 1.31. The van der Waals surface area contributed by atoms with Crippen molar-refractivity contribution in [1.82, 2.24) is 4.98 Å². The maximum absolute atomic E-state index is 9.49. The minimum absolute atomic E-state index is 0.229. The molecule has 0 aliphatic heterocycles. The van der Waals surface area contributed by atoms with Gasteiger partial charge in [-0.2, -0.15) is 5.26 Å². The highest BCUT2D eigenvalue weighted by molar-refractivity contribution is 6.30. The monoisotopic (exact) mass is 305 g/mol. The van der Waals surface area contributed by atoms with Crippen LogP contribution in [0, 0.1) is 11.3 Å². The molecule has 0 fully saturated rings. The summed E-state index contributed by atoms with van der Waals surface area (Å²) in [5.74, 6) is 0.229. The quantitative estimate of drug-likeness (QED) is 0.757. The van der Waals surface area contributed by atoms with Crippen molar-refractivity contribution in [1.29, 1.82) is 5.26 Å². The first-order valence-electron chi connectivity index (χ1n) is 6.70. The number of nitriles is 1. The molecule has 4 heteroatoms. The fourth-order valence-corrected chi connectivity index (χ4v) is 2.52. The van der Waals surface area contributed by atoms with Crippen LogP contribution < -0.4 is 5.73 Å². The number of rotatable bonds is 2. The molecule has 0 spiro atoms. The van der Waals surface area contributed by atoms with Crippen molar-refractivity contribution >= 4 is 17.4 Å². The molecule has 0 bridgehead atoms. The predicted octanol–water partition coefficient (Wildman–Crippen LogP) is 4.52. The van der Waals surface area contributed by atoms with Crippen molar-refractivity contribution in [2.45, 2.75) is 0 Å². The zero-order valence-corrected chi connectivity index (χ0v) is 12.4. The number of hydrogen-bond donors (Lipinski definition) is 1. The number of benzene rings is 2. The van der Waals surface area contributed by atoms with E-state index in [2.05, 4.69) is 11.1 Å². The van der Waals surface area contributed by atoms with E-state index in [0.29, 0.717) is 10.6 Å². The molecule has 0 saturated heterocycles. The number of nitrogens with zero attached hydrogens (tertiary/aromatic N) is 2. The molecular weight excluding hydrogens is 294 g/mol. The summed E-state index contributed by atoms with van der Waals surface area (Å²) in [6.07, 6.45) is 1.70. The molecule has 2 N–H and O–H groups in total. The van der Waals surface area contributed by atoms with Gasteiger partial charge in [0.25, 0.3) is 0 Å². The topological polar surface area (TPSA) is 62.7 Å². The summed E-state index contributed by atoms with van der Waals surface area (Å²) in [7, 11) is 0. The van der Waals surface area contributed by atoms with E-state index in [1.807, 2.05) is 42.5 Å². The van der Waals surface area contributed by atoms with Gasteiger partial charge in [-0.05, 0) is 23.3 Å². The summed E-state index contributed by atoms with van der Waals surface area (Å²) in [5.41, 5.74) is 9.78. The van der Waals surface area contributed by atoms with Crippen molar-refractivity contribution in [3.63, 3.8) is 0 Å². The van der Waals surface area contributed by atoms with Crippen molar-refractivity contribution in [3.05, 3.63) is 71.4 Å². The number of halogens is 1. The average Bonchev–Trinajstić information content (AvgIpc) is 2.56. The average molecular weight is 306 g/mol. The van der Waals surface area contributed by atoms with Crippen LogP contribution in [0.1, 0.15) is 5.56 Å². The van der Waals surface area contributed by atoms with E-state index in [9.17, 15) is 5.26 Å². The number of hydrogen-bond acceptors (Lipinski definition) is 3. The molecule has 0 amide bonds. The molecule has 0 radical (unpaired) electrons. The van der Waals surface area contributed by atoms with E-state index in [0.717, 1.165) is 22.3 Å². The maximum Gasteiger partial charge on any atom is 0.141 e. The molecule has 22 heavy (non-hydrogen) atoms. The third-order valence-corrected chi connectivity index (χ3v) is 3.69. The molecule has 1 heterocycles. The number of pyridine rings is 1. The van der Waals surface area contributed by atoms with Gasteiger partial charge >= 0.3 is 0 Å². The zero-order chi connectivity index (χ0) is 15.5. The number of anilines is 1. The summed E-state index contributed by atoms with van der Waals surface area (Å²) < 4.78 is 0. The number of nitrogen functional groups attached to an aromatic ring is 1. The number of nitrogens with two attached hydrogens (primary N) is 1. The van der Waals surface area contributed by atoms with Crippen LogP contribution in [0.3, 0.4) is 0 Å². The molecular formula is C18H12ClN3. The highest BCUT2D eigenvalue weighted by atomic mass is 35.5. The Hall–Kier alpha value is -2.83. The van der Waals surface area contributed by atoms with Gasteiger partial charge in [-0.15, -0.1) is 0 Å². The van der Waals surface area contributed by atoms with Crippen LogP contribution in [-0.4, -0.2) is 4.98 Å². The molecule has 106 valence electrons. The van der Waals surface area contributed by atoms with Gasteiger partial charge in [-0.25, -0.2) is 4.98 Å². The second kappa shape index (κ2) is 5.88. The molecule has 0 atom stereocenters. The summed E-state index contributed by atoms with van der Waals surface area (Å²) in [5, 5.41) is 10.1. The molecule has 3 aromatic rings. The molecule has 0 aliphatic carbocycles. The first-order chi connectivity index (χ1) is 10.7. The van der Waals surface area contributed by atoms with E-state index in [-0.39, 0.29) is 5.82 Å². The van der Waals surface area contributed by atoms with Crippen molar-refractivity contribution in [2.24, 2.45) is 0 Å². The fraction of sp³-hybridized carbons (Fsp3) is 0. The van der Waals surface area contributed by atoms with Gasteiger partial charge in [0.2, 0.25) is 0 Å². The molecule has 0 unspecified atom stereocenters. The third kappa shape index (κ3) is 2.52. The highest BCUT2D eigenvalue weighted by Crippen LogP contribution is 2.36. The van der Waals surface area contributed by atoms with E-state index < -0.39 is 0 Å². The lowest BCUT2D eigenvalue weighted by atomic mass is 9.92. The molecule has 0 saturated carbocycles. The van der Waals surface area contributed by atoms with E-state index in [4.69, 9.17) is 17.3 Å². The van der Waals surface area contributed by atoms with Crippen molar-refractivity contribution < 1.29 is 0 Å². The van der Waals surface area contributed by atoms with E-state index in [1.54, 1.807) is 18.3 Å². The van der Waals surface area contributed by atoms with Crippen LogP contribution in [0.4, 0.5) is 5.82 Å². The van der Waals surface area contributed by atoms with Gasteiger partial charge in [-0.3, -0.25) is 0 Å². The minimum atomic E-state index is 0.229. The Morgan fingerprint density at radius 1 is 0.955 bits per heavy atom. The van der Waals surface area contributed by atoms with Crippen LogP contribution in [0.15, 0.2) is 60.8 Å². The van der Waals surface area contributed by atoms with Gasteiger partial charge in [0.15, 0.2) is 0 Å². The molecule has 1 aromatic heterocycles. The summed E-state index contributed by atoms with van der Waals surface area (Å²) in [6.45, 7) is 0. The fourth-order valence-electron chi connectivity index (χ4n) is 2.39. The Bertz CT molecular complexity index is 850. The second-order valence-electron chi connectivity index (χ2n) is 4.79. The van der Waals surface area contributed by atoms with Crippen LogP contribution in [0.2, 0.25) is 5.02 Å². The molecule has 2 aromatic carbocycles. The van der Waals surface area contributed by atoms with Gasteiger partial charge in [0, 0.05) is 22.3 Å². The SMILES string of the molecule is N#Cc1c(N)ncc(-c2ccccc2)c1-c1ccc(Cl)cc1. The summed E-state index contributed by atoms with van der Waals surface area (Å²) >= 11 is 5.96. The lowest BCUT2D eigenvalue weighted by Crippen LogP contribution is -1.99. The Morgan fingerprint density at radius 2 is 1.64 bits per heavy atom. The first-order valence-corrected chi connectivity index (χ1v) is 7.08. The van der Waals surface area contributed by atoms with Gasteiger partial charge in [-0.1, -0.05) is 54.1 Å². The van der Waals surface area contributed by atoms with Crippen LogP contribution in [-0.2, 0) is 0 Å². The van der Waals surface area contributed by atoms with Crippen molar-refractivity contribution in [2.75, 3.05) is 5.73 Å². The second-order valence-corrected chi connectivity index (χ2v) is 5.23. The van der Waals surface area contributed by atoms with Gasteiger partial charge in [0.05, 0.1) is 0 Å².